The Morgan fingerprint density at radius 3 is 1.91 bits per heavy atom. The molecule has 174 valence electrons. The van der Waals surface area contributed by atoms with E-state index < -0.39 is 45.0 Å². The van der Waals surface area contributed by atoms with Crippen molar-refractivity contribution in [1.82, 2.24) is 0 Å². The highest BCUT2D eigenvalue weighted by molar-refractivity contribution is 14.1. The van der Waals surface area contributed by atoms with E-state index in [0.29, 0.717) is 4.43 Å². The summed E-state index contributed by atoms with van der Waals surface area (Å²) in [5.74, 6) is -0.575. The topological polar surface area (TPSA) is 85.2 Å². The van der Waals surface area contributed by atoms with Crippen molar-refractivity contribution in [3.63, 3.8) is 0 Å². The lowest BCUT2D eigenvalue weighted by molar-refractivity contribution is -0.277. The van der Waals surface area contributed by atoms with E-state index in [1.54, 1.807) is 0 Å². The third kappa shape index (κ3) is 4.95. The zero-order chi connectivity index (χ0) is 23.5. The third-order valence-electron chi connectivity index (χ3n) is 5.82. The Hall–Kier alpha value is -1.30. The van der Waals surface area contributed by atoms with Crippen molar-refractivity contribution in [2.45, 2.75) is 63.4 Å². The maximum Gasteiger partial charge on any atom is 0.303 e. The van der Waals surface area contributed by atoms with E-state index >= 15 is 0 Å². The van der Waals surface area contributed by atoms with E-state index in [1.807, 2.05) is 60.7 Å². The second-order valence-corrected chi connectivity index (χ2v) is 14.2. The number of aliphatic hydroxyl groups excluding tert-OH is 2. The summed E-state index contributed by atoms with van der Waals surface area (Å²) >= 11 is 2.10. The molecule has 0 unspecified atom stereocenters. The summed E-state index contributed by atoms with van der Waals surface area (Å²) in [6, 6.07) is 20.0. The van der Waals surface area contributed by atoms with Gasteiger partial charge in [-0.15, -0.1) is 0 Å². The number of benzene rings is 2. The van der Waals surface area contributed by atoms with Crippen LogP contribution >= 0.6 is 22.6 Å². The minimum absolute atomic E-state index is 0.348. The number of halogens is 1. The van der Waals surface area contributed by atoms with Gasteiger partial charge in [-0.25, -0.2) is 0 Å². The average molecular weight is 570 g/mol. The van der Waals surface area contributed by atoms with Crippen molar-refractivity contribution >= 4 is 47.3 Å². The molecule has 0 amide bonds. The molecule has 0 aliphatic carbocycles. The first-order valence-corrected chi connectivity index (χ1v) is 14.1. The molecule has 3 rings (SSSR count). The fourth-order valence-electron chi connectivity index (χ4n) is 4.38. The Balaban J connectivity index is 2.21. The van der Waals surface area contributed by atoms with E-state index in [-0.39, 0.29) is 5.04 Å². The number of ether oxygens (including phenoxy) is 2. The Bertz CT molecular complexity index is 849. The molecular weight excluding hydrogens is 539 g/mol. The second kappa shape index (κ2) is 10.3. The summed E-state index contributed by atoms with van der Waals surface area (Å²) in [6.07, 6.45) is -5.25. The monoisotopic (exact) mass is 570 g/mol. The van der Waals surface area contributed by atoms with Gasteiger partial charge < -0.3 is 24.1 Å². The van der Waals surface area contributed by atoms with Gasteiger partial charge in [-0.3, -0.25) is 4.79 Å². The van der Waals surface area contributed by atoms with Crippen molar-refractivity contribution in [3.05, 3.63) is 60.7 Å². The number of esters is 1. The van der Waals surface area contributed by atoms with Gasteiger partial charge in [0.05, 0.1) is 6.10 Å². The van der Waals surface area contributed by atoms with Gasteiger partial charge in [0.1, 0.15) is 12.2 Å². The van der Waals surface area contributed by atoms with Crippen LogP contribution in [-0.2, 0) is 18.7 Å². The first-order chi connectivity index (χ1) is 15.1. The molecule has 1 aliphatic rings. The summed E-state index contributed by atoms with van der Waals surface area (Å²) < 4.78 is 18.4. The molecule has 8 heteroatoms. The second-order valence-electron chi connectivity index (χ2n) is 9.03. The minimum atomic E-state index is -3.06. The molecule has 1 saturated heterocycles. The van der Waals surface area contributed by atoms with Crippen molar-refractivity contribution in [3.8, 4) is 0 Å². The number of aliphatic hydroxyl groups is 2. The first kappa shape index (κ1) is 25.3. The van der Waals surface area contributed by atoms with Crippen LogP contribution in [0.5, 0.6) is 0 Å². The molecule has 2 N–H and O–H groups in total. The molecule has 2 aromatic carbocycles. The predicted molar refractivity (Wildman–Crippen MR) is 134 cm³/mol. The van der Waals surface area contributed by atoms with Crippen molar-refractivity contribution in [2.24, 2.45) is 0 Å². The number of carbonyl (C=O) groups excluding carboxylic acids is 1. The minimum Gasteiger partial charge on any atom is -0.454 e. The molecule has 0 spiro atoms. The van der Waals surface area contributed by atoms with Gasteiger partial charge in [0.2, 0.25) is 0 Å². The largest absolute Gasteiger partial charge is 0.454 e. The fraction of sp³-hybridized carbons (Fsp3) is 0.458. The van der Waals surface area contributed by atoms with E-state index in [1.165, 1.54) is 6.92 Å². The van der Waals surface area contributed by atoms with E-state index in [4.69, 9.17) is 13.9 Å². The van der Waals surface area contributed by atoms with Crippen LogP contribution in [0.15, 0.2) is 60.7 Å². The molecule has 1 aliphatic heterocycles. The summed E-state index contributed by atoms with van der Waals surface area (Å²) in [5.41, 5.74) is 0. The van der Waals surface area contributed by atoms with Crippen molar-refractivity contribution in [1.29, 1.82) is 0 Å². The fourth-order valence-corrected chi connectivity index (χ4v) is 9.81. The van der Waals surface area contributed by atoms with Crippen LogP contribution in [-0.4, -0.2) is 59.6 Å². The zero-order valence-corrected chi connectivity index (χ0v) is 21.9. The van der Waals surface area contributed by atoms with Crippen LogP contribution in [0.25, 0.3) is 0 Å². The summed E-state index contributed by atoms with van der Waals surface area (Å²) in [7, 11) is -3.06. The van der Waals surface area contributed by atoms with Gasteiger partial charge >= 0.3 is 5.97 Å². The number of hydrogen-bond acceptors (Lipinski definition) is 6. The van der Waals surface area contributed by atoms with Crippen LogP contribution in [0, 0.1) is 0 Å². The van der Waals surface area contributed by atoms with E-state index in [2.05, 4.69) is 43.4 Å². The Morgan fingerprint density at radius 1 is 1.00 bits per heavy atom. The highest BCUT2D eigenvalue weighted by atomic mass is 127. The predicted octanol–water partition coefficient (Wildman–Crippen LogP) is 2.38. The smallest absolute Gasteiger partial charge is 0.303 e. The van der Waals surface area contributed by atoms with Crippen LogP contribution < -0.4 is 10.4 Å². The molecule has 0 bridgehead atoms. The highest BCUT2D eigenvalue weighted by Gasteiger charge is 2.56. The Labute approximate surface area is 204 Å². The van der Waals surface area contributed by atoms with Crippen molar-refractivity contribution < 1.29 is 28.9 Å². The maximum absolute atomic E-state index is 11.8. The van der Waals surface area contributed by atoms with Gasteiger partial charge in [-0.05, 0) is 15.4 Å². The highest BCUT2D eigenvalue weighted by Crippen LogP contribution is 2.40. The molecule has 6 nitrogen and oxygen atoms in total. The maximum atomic E-state index is 11.8. The molecule has 32 heavy (non-hydrogen) atoms. The standard InChI is InChI=1S/C24H31IO6Si/c1-16(26)29-22-21(20(27)19(15-25)30-23(22)28)31-32(24(2,3)4,17-11-7-5-8-12-17)18-13-9-6-10-14-18/h5-14,19-23,27-28H,15H2,1-4H3/t19-,20-,21+,22-,23+/m1/s1. The summed E-state index contributed by atoms with van der Waals surface area (Å²) in [5, 5.41) is 23.6. The SMILES string of the molecule is CC(=O)O[C@@H]1[C@@H](O[Si](c2ccccc2)(c2ccccc2)C(C)(C)C)[C@H](O)[C@@H](CI)O[C@@H]1O. The summed E-state index contributed by atoms with van der Waals surface area (Å²) in [4.78, 5) is 11.8. The number of hydrogen-bond donors (Lipinski definition) is 2. The van der Waals surface area contributed by atoms with Gasteiger partial charge in [-0.2, -0.15) is 0 Å². The van der Waals surface area contributed by atoms with Crippen LogP contribution in [0.2, 0.25) is 5.04 Å². The molecule has 0 aromatic heterocycles. The number of carbonyl (C=O) groups is 1. The molecule has 2 aromatic rings. The Kier molecular flexibility index (Phi) is 8.16. The lowest BCUT2D eigenvalue weighted by atomic mass is 10.00. The molecule has 1 heterocycles. The number of alkyl halides is 1. The van der Waals surface area contributed by atoms with Gasteiger partial charge in [-0.1, -0.05) is 104 Å². The van der Waals surface area contributed by atoms with Crippen LogP contribution in [0.4, 0.5) is 0 Å². The molecule has 0 radical (unpaired) electrons. The van der Waals surface area contributed by atoms with Crippen molar-refractivity contribution in [2.75, 3.05) is 4.43 Å². The van der Waals surface area contributed by atoms with Gasteiger partial charge in [0, 0.05) is 11.4 Å². The average Bonchev–Trinajstić information content (AvgIpc) is 2.76. The summed E-state index contributed by atoms with van der Waals surface area (Å²) in [6.45, 7) is 7.64. The molecular formula is C24H31IO6Si. The first-order valence-electron chi connectivity index (χ1n) is 10.7. The van der Waals surface area contributed by atoms with E-state index in [9.17, 15) is 15.0 Å². The quantitative estimate of drug-likeness (QED) is 0.240. The lowest BCUT2D eigenvalue weighted by Gasteiger charge is -2.50. The third-order valence-corrected chi connectivity index (χ3v) is 11.7. The lowest BCUT2D eigenvalue weighted by Crippen LogP contribution is -2.72. The molecule has 0 saturated carbocycles. The Morgan fingerprint density at radius 2 is 1.50 bits per heavy atom. The van der Waals surface area contributed by atoms with Gasteiger partial charge in [0.25, 0.3) is 8.32 Å². The number of rotatable bonds is 6. The van der Waals surface area contributed by atoms with E-state index in [0.717, 1.165) is 10.4 Å². The molecule has 5 atom stereocenters. The van der Waals surface area contributed by atoms with Crippen LogP contribution in [0.3, 0.4) is 0 Å². The normalized spacial score (nSPS) is 26.5. The van der Waals surface area contributed by atoms with Gasteiger partial charge in [0.15, 0.2) is 12.4 Å². The zero-order valence-electron chi connectivity index (χ0n) is 18.8. The van der Waals surface area contributed by atoms with Crippen LogP contribution in [0.1, 0.15) is 27.7 Å². The molecule has 1 fully saturated rings.